The van der Waals surface area contributed by atoms with E-state index in [4.69, 9.17) is 10.00 Å². The lowest BCUT2D eigenvalue weighted by Gasteiger charge is -2.11. The largest absolute Gasteiger partial charge is 0.455 e. The Bertz CT molecular complexity index is 672. The number of Topliss-reactive ketones (excluding diaryl/α,β-unsaturated/α-hetero) is 1. The first-order valence-corrected chi connectivity index (χ1v) is 5.76. The van der Waals surface area contributed by atoms with Gasteiger partial charge in [0.1, 0.15) is 11.5 Å². The maximum atomic E-state index is 11.6. The zero-order valence-electron chi connectivity index (χ0n) is 10.7. The van der Waals surface area contributed by atoms with Crippen LogP contribution >= 0.6 is 0 Å². The average molecular weight is 252 g/mol. The van der Waals surface area contributed by atoms with E-state index in [0.717, 1.165) is 5.69 Å². The van der Waals surface area contributed by atoms with E-state index in [9.17, 15) is 4.79 Å². The number of hydrogen-bond donors (Lipinski definition) is 0. The Kier molecular flexibility index (Phi) is 3.58. The highest BCUT2D eigenvalue weighted by molar-refractivity contribution is 5.97. The van der Waals surface area contributed by atoms with E-state index in [1.54, 1.807) is 36.5 Å². The monoisotopic (exact) mass is 252 g/mol. The third-order valence-electron chi connectivity index (χ3n) is 2.67. The van der Waals surface area contributed by atoms with Gasteiger partial charge in [-0.2, -0.15) is 5.26 Å². The molecule has 0 N–H and O–H groups in total. The van der Waals surface area contributed by atoms with Crippen LogP contribution in [0.4, 0.5) is 0 Å². The van der Waals surface area contributed by atoms with Crippen LogP contribution in [0.25, 0.3) is 0 Å². The van der Waals surface area contributed by atoms with Crippen LogP contribution in [0.5, 0.6) is 11.5 Å². The zero-order valence-corrected chi connectivity index (χ0v) is 10.7. The normalized spacial score (nSPS) is 9.74. The van der Waals surface area contributed by atoms with Gasteiger partial charge < -0.3 is 4.74 Å². The predicted octanol–water partition coefficient (Wildman–Crippen LogP) is 3.26. The van der Waals surface area contributed by atoms with E-state index in [2.05, 4.69) is 4.98 Å². The quantitative estimate of drug-likeness (QED) is 0.786. The summed E-state index contributed by atoms with van der Waals surface area (Å²) < 4.78 is 5.71. The van der Waals surface area contributed by atoms with E-state index < -0.39 is 0 Å². The van der Waals surface area contributed by atoms with Crippen LogP contribution in [-0.2, 0) is 0 Å². The second kappa shape index (κ2) is 5.32. The summed E-state index contributed by atoms with van der Waals surface area (Å²) in [6.07, 6.45) is 1.67. The minimum absolute atomic E-state index is 0.110. The van der Waals surface area contributed by atoms with Crippen LogP contribution in [0.3, 0.4) is 0 Å². The molecule has 0 aliphatic rings. The lowest BCUT2D eigenvalue weighted by atomic mass is 10.1. The number of benzene rings is 1. The van der Waals surface area contributed by atoms with E-state index in [0.29, 0.717) is 22.6 Å². The maximum Gasteiger partial charge on any atom is 0.163 e. The number of nitriles is 1. The van der Waals surface area contributed by atoms with Gasteiger partial charge in [0.25, 0.3) is 0 Å². The molecule has 4 heteroatoms. The van der Waals surface area contributed by atoms with E-state index in [1.165, 1.54) is 6.92 Å². The number of nitrogens with zero attached hydrogens (tertiary/aromatic N) is 2. The molecule has 0 saturated carbocycles. The van der Waals surface area contributed by atoms with Crippen molar-refractivity contribution in [2.75, 3.05) is 0 Å². The first-order chi connectivity index (χ1) is 9.11. The van der Waals surface area contributed by atoms with Crippen molar-refractivity contribution in [2.24, 2.45) is 0 Å². The molecule has 0 amide bonds. The molecule has 1 aromatic heterocycles. The molecule has 0 atom stereocenters. The Morgan fingerprint density at radius 2 is 2.11 bits per heavy atom. The summed E-state index contributed by atoms with van der Waals surface area (Å²) in [6.45, 7) is 3.28. The van der Waals surface area contributed by atoms with Crippen LogP contribution in [0.15, 0.2) is 36.5 Å². The minimum Gasteiger partial charge on any atom is -0.455 e. The third kappa shape index (κ3) is 2.78. The molecule has 0 radical (unpaired) electrons. The zero-order chi connectivity index (χ0) is 13.8. The first kappa shape index (κ1) is 12.8. The predicted molar refractivity (Wildman–Crippen MR) is 70.2 cm³/mol. The lowest BCUT2D eigenvalue weighted by Crippen LogP contribution is -1.99. The Balaban J connectivity index is 2.46. The van der Waals surface area contributed by atoms with Gasteiger partial charge in [0.2, 0.25) is 0 Å². The molecular formula is C15H12N2O2. The topological polar surface area (TPSA) is 63.0 Å². The molecule has 0 spiro atoms. The summed E-state index contributed by atoms with van der Waals surface area (Å²) >= 11 is 0. The number of pyridine rings is 1. The fraction of sp³-hybridized carbons (Fsp3) is 0.133. The first-order valence-electron chi connectivity index (χ1n) is 5.76. The van der Waals surface area contributed by atoms with Gasteiger partial charge in [-0.1, -0.05) is 0 Å². The second-order valence-electron chi connectivity index (χ2n) is 4.07. The fourth-order valence-electron chi connectivity index (χ4n) is 1.66. The summed E-state index contributed by atoms with van der Waals surface area (Å²) in [6, 6.07) is 10.3. The lowest BCUT2D eigenvalue weighted by molar-refractivity contribution is 0.101. The van der Waals surface area contributed by atoms with Crippen LogP contribution in [0, 0.1) is 18.3 Å². The number of aromatic nitrogens is 1. The summed E-state index contributed by atoms with van der Waals surface area (Å²) in [5, 5.41) is 8.91. The second-order valence-corrected chi connectivity index (χ2v) is 4.07. The fourth-order valence-corrected chi connectivity index (χ4v) is 1.66. The molecule has 2 rings (SSSR count). The summed E-state index contributed by atoms with van der Waals surface area (Å²) in [5.74, 6) is 0.837. The van der Waals surface area contributed by atoms with Crippen molar-refractivity contribution in [3.05, 3.63) is 53.3 Å². The number of ether oxygens (including phenoxy) is 1. The van der Waals surface area contributed by atoms with Crippen molar-refractivity contribution in [3.63, 3.8) is 0 Å². The van der Waals surface area contributed by atoms with Gasteiger partial charge in [-0.25, -0.2) is 0 Å². The molecule has 1 aromatic carbocycles. The van der Waals surface area contributed by atoms with Crippen molar-refractivity contribution >= 4 is 5.78 Å². The molecule has 0 saturated heterocycles. The van der Waals surface area contributed by atoms with Crippen LogP contribution < -0.4 is 4.74 Å². The minimum atomic E-state index is -0.110. The van der Waals surface area contributed by atoms with Gasteiger partial charge in [0.05, 0.1) is 22.9 Å². The molecule has 94 valence electrons. The number of rotatable bonds is 3. The van der Waals surface area contributed by atoms with Crippen molar-refractivity contribution in [2.45, 2.75) is 13.8 Å². The van der Waals surface area contributed by atoms with Crippen LogP contribution in [0.2, 0.25) is 0 Å². The number of carbonyl (C=O) groups is 1. The molecule has 4 nitrogen and oxygen atoms in total. The highest BCUT2D eigenvalue weighted by Gasteiger charge is 2.11. The smallest absolute Gasteiger partial charge is 0.163 e. The highest BCUT2D eigenvalue weighted by atomic mass is 16.5. The van der Waals surface area contributed by atoms with Crippen molar-refractivity contribution < 1.29 is 9.53 Å². The van der Waals surface area contributed by atoms with Crippen molar-refractivity contribution in [1.82, 2.24) is 4.98 Å². The average Bonchev–Trinajstić information content (AvgIpc) is 2.41. The summed E-state index contributed by atoms with van der Waals surface area (Å²) in [5.41, 5.74) is 1.61. The number of aryl methyl sites for hydroxylation is 1. The molecule has 0 aliphatic heterocycles. The molecule has 0 fully saturated rings. The summed E-state index contributed by atoms with van der Waals surface area (Å²) in [7, 11) is 0. The van der Waals surface area contributed by atoms with E-state index >= 15 is 0 Å². The van der Waals surface area contributed by atoms with Gasteiger partial charge >= 0.3 is 0 Å². The Morgan fingerprint density at radius 3 is 2.74 bits per heavy atom. The highest BCUT2D eigenvalue weighted by Crippen LogP contribution is 2.28. The third-order valence-corrected chi connectivity index (χ3v) is 2.67. The van der Waals surface area contributed by atoms with Gasteiger partial charge in [0, 0.05) is 6.20 Å². The molecule has 0 bridgehead atoms. The van der Waals surface area contributed by atoms with Crippen LogP contribution in [0.1, 0.15) is 28.5 Å². The molecule has 19 heavy (non-hydrogen) atoms. The molecule has 2 aromatic rings. The number of hydrogen-bond acceptors (Lipinski definition) is 4. The van der Waals surface area contributed by atoms with Crippen molar-refractivity contribution in [3.8, 4) is 17.6 Å². The number of ketones is 1. The van der Waals surface area contributed by atoms with Crippen LogP contribution in [-0.4, -0.2) is 10.8 Å². The molecule has 0 unspecified atom stereocenters. The van der Waals surface area contributed by atoms with Gasteiger partial charge in [-0.3, -0.25) is 9.78 Å². The van der Waals surface area contributed by atoms with Gasteiger partial charge in [-0.15, -0.1) is 0 Å². The van der Waals surface area contributed by atoms with Gasteiger partial charge in [-0.05, 0) is 44.2 Å². The Labute approximate surface area is 111 Å². The van der Waals surface area contributed by atoms with E-state index in [1.807, 2.05) is 13.0 Å². The standard InChI is InChI=1S/C15H12N2O2/c1-10-14(4-3-7-17-10)19-15-8-12(9-16)5-6-13(15)11(2)18/h3-8H,1-2H3. The Morgan fingerprint density at radius 1 is 1.32 bits per heavy atom. The van der Waals surface area contributed by atoms with Crippen molar-refractivity contribution in [1.29, 1.82) is 5.26 Å². The summed E-state index contributed by atoms with van der Waals surface area (Å²) in [4.78, 5) is 15.7. The maximum absolute atomic E-state index is 11.6. The molecule has 1 heterocycles. The Hall–Kier alpha value is -2.67. The van der Waals surface area contributed by atoms with Gasteiger partial charge in [0.15, 0.2) is 5.78 Å². The SMILES string of the molecule is CC(=O)c1ccc(C#N)cc1Oc1cccnc1C. The molecule has 0 aliphatic carbocycles. The molecular weight excluding hydrogens is 240 g/mol. The van der Waals surface area contributed by atoms with E-state index in [-0.39, 0.29) is 5.78 Å². The number of carbonyl (C=O) groups excluding carboxylic acids is 1.